The number of amides is 2. The molecule has 0 aliphatic carbocycles. The first-order valence-electron chi connectivity index (χ1n) is 11.9. The van der Waals surface area contributed by atoms with Crippen molar-refractivity contribution in [3.63, 3.8) is 0 Å². The van der Waals surface area contributed by atoms with Crippen LogP contribution in [0.2, 0.25) is 0 Å². The Kier molecular flexibility index (Phi) is 8.13. The SMILES string of the molecule is C#Cc1ccc(C(=O)O)c(C(=O)Nc2ccc(Oc3cccc(NC(=O)c4cc(C#C)ccc4C(=O)O)c3)cc2)c1. The lowest BCUT2D eigenvalue weighted by atomic mass is 10.0. The highest BCUT2D eigenvalue weighted by molar-refractivity contribution is 6.11. The number of rotatable bonds is 8. The standard InChI is InChI=1S/C32H20N2O7/c1-3-19-8-14-25(31(37)38)27(16-19)29(35)33-21-10-12-23(13-11-21)41-24-7-5-6-22(18-24)34-30(36)28-17-20(4-2)9-15-26(28)32(39)40/h1-2,5-18H,(H,33,35)(H,34,36)(H,37,38)(H,39,40). The van der Waals surface area contributed by atoms with Gasteiger partial charge < -0.3 is 25.6 Å². The molecule has 41 heavy (non-hydrogen) atoms. The second kappa shape index (κ2) is 12.0. The Hall–Kier alpha value is -6.32. The van der Waals surface area contributed by atoms with Crippen LogP contribution in [0.5, 0.6) is 11.5 Å². The minimum absolute atomic E-state index is 0.0753. The summed E-state index contributed by atoms with van der Waals surface area (Å²) >= 11 is 0. The third-order valence-electron chi connectivity index (χ3n) is 5.76. The summed E-state index contributed by atoms with van der Waals surface area (Å²) < 4.78 is 5.85. The topological polar surface area (TPSA) is 142 Å². The molecule has 0 saturated carbocycles. The van der Waals surface area contributed by atoms with Crippen molar-refractivity contribution in [2.24, 2.45) is 0 Å². The molecule has 4 aromatic carbocycles. The zero-order valence-corrected chi connectivity index (χ0v) is 21.2. The van der Waals surface area contributed by atoms with Gasteiger partial charge in [-0.1, -0.05) is 17.9 Å². The van der Waals surface area contributed by atoms with Crippen LogP contribution < -0.4 is 15.4 Å². The molecule has 4 N–H and O–H groups in total. The van der Waals surface area contributed by atoms with Crippen molar-refractivity contribution < 1.29 is 34.1 Å². The lowest BCUT2D eigenvalue weighted by Crippen LogP contribution is -2.16. The van der Waals surface area contributed by atoms with Crippen molar-refractivity contribution in [1.29, 1.82) is 0 Å². The number of aromatic carboxylic acids is 2. The summed E-state index contributed by atoms with van der Waals surface area (Å²) in [7, 11) is 0. The van der Waals surface area contributed by atoms with Crippen LogP contribution in [0.3, 0.4) is 0 Å². The molecule has 0 heterocycles. The molecule has 200 valence electrons. The minimum Gasteiger partial charge on any atom is -0.478 e. The monoisotopic (exact) mass is 544 g/mol. The number of nitrogens with one attached hydrogen (secondary N) is 2. The largest absolute Gasteiger partial charge is 0.478 e. The Bertz CT molecular complexity index is 1780. The maximum Gasteiger partial charge on any atom is 0.336 e. The molecule has 2 amide bonds. The van der Waals surface area contributed by atoms with Crippen molar-refractivity contribution in [2.45, 2.75) is 0 Å². The van der Waals surface area contributed by atoms with E-state index in [1.165, 1.54) is 36.4 Å². The molecule has 0 aliphatic rings. The summed E-state index contributed by atoms with van der Waals surface area (Å²) in [5, 5.41) is 24.1. The number of ether oxygens (including phenoxy) is 1. The van der Waals surface area contributed by atoms with E-state index in [-0.39, 0.29) is 22.3 Å². The summed E-state index contributed by atoms with van der Waals surface area (Å²) in [6, 6.07) is 20.8. The summed E-state index contributed by atoms with van der Waals surface area (Å²) in [5.41, 5.74) is 0.926. The number of hydrogen-bond donors (Lipinski definition) is 4. The smallest absolute Gasteiger partial charge is 0.336 e. The Morgan fingerprint density at radius 2 is 1.10 bits per heavy atom. The molecule has 4 rings (SSSR count). The third kappa shape index (κ3) is 6.58. The van der Waals surface area contributed by atoms with Crippen LogP contribution in [0.15, 0.2) is 84.9 Å². The van der Waals surface area contributed by atoms with Gasteiger partial charge in [-0.3, -0.25) is 9.59 Å². The Morgan fingerprint density at radius 1 is 0.585 bits per heavy atom. The molecule has 0 atom stereocenters. The van der Waals surface area contributed by atoms with E-state index in [4.69, 9.17) is 17.6 Å². The molecule has 0 fully saturated rings. The first-order chi connectivity index (χ1) is 19.7. The molecule has 0 radical (unpaired) electrons. The van der Waals surface area contributed by atoms with Crippen molar-refractivity contribution in [2.75, 3.05) is 10.6 Å². The van der Waals surface area contributed by atoms with Gasteiger partial charge in [0.15, 0.2) is 0 Å². The summed E-state index contributed by atoms with van der Waals surface area (Å²) in [5.74, 6) is 1.70. The maximum atomic E-state index is 12.8. The first-order valence-corrected chi connectivity index (χ1v) is 11.9. The van der Waals surface area contributed by atoms with E-state index in [9.17, 15) is 29.4 Å². The second-order valence-corrected chi connectivity index (χ2v) is 8.48. The maximum absolute atomic E-state index is 12.8. The fourth-order valence-corrected chi connectivity index (χ4v) is 3.79. The van der Waals surface area contributed by atoms with Gasteiger partial charge in [-0.2, -0.15) is 0 Å². The van der Waals surface area contributed by atoms with Crippen LogP contribution in [0, 0.1) is 24.7 Å². The van der Waals surface area contributed by atoms with Crippen LogP contribution in [0.25, 0.3) is 0 Å². The Labute approximate surface area is 234 Å². The van der Waals surface area contributed by atoms with E-state index in [1.54, 1.807) is 48.5 Å². The molecule has 4 aromatic rings. The summed E-state index contributed by atoms with van der Waals surface area (Å²) in [6.07, 6.45) is 10.8. The molecule has 9 heteroatoms. The summed E-state index contributed by atoms with van der Waals surface area (Å²) in [6.45, 7) is 0. The molecule has 0 aromatic heterocycles. The van der Waals surface area contributed by atoms with E-state index in [2.05, 4.69) is 22.5 Å². The van der Waals surface area contributed by atoms with E-state index in [1.807, 2.05) is 0 Å². The number of anilines is 2. The highest BCUT2D eigenvalue weighted by Crippen LogP contribution is 2.26. The number of carbonyl (C=O) groups excluding carboxylic acids is 2. The van der Waals surface area contributed by atoms with Gasteiger partial charge >= 0.3 is 11.9 Å². The van der Waals surface area contributed by atoms with Gasteiger partial charge in [0.1, 0.15) is 11.5 Å². The van der Waals surface area contributed by atoms with Gasteiger partial charge in [-0.25, -0.2) is 9.59 Å². The van der Waals surface area contributed by atoms with Gasteiger partial charge in [0.05, 0.1) is 22.3 Å². The van der Waals surface area contributed by atoms with Crippen LogP contribution in [-0.2, 0) is 0 Å². The van der Waals surface area contributed by atoms with Crippen molar-refractivity contribution in [1.82, 2.24) is 0 Å². The van der Waals surface area contributed by atoms with Crippen LogP contribution in [0.1, 0.15) is 52.6 Å². The van der Waals surface area contributed by atoms with Gasteiger partial charge in [-0.15, -0.1) is 12.8 Å². The number of benzene rings is 4. The quantitative estimate of drug-likeness (QED) is 0.219. The predicted octanol–water partition coefficient (Wildman–Crippen LogP) is 5.34. The zero-order valence-electron chi connectivity index (χ0n) is 21.2. The van der Waals surface area contributed by atoms with Crippen LogP contribution in [0.4, 0.5) is 11.4 Å². The van der Waals surface area contributed by atoms with Gasteiger partial charge in [0, 0.05) is 28.6 Å². The highest BCUT2D eigenvalue weighted by atomic mass is 16.5. The highest BCUT2D eigenvalue weighted by Gasteiger charge is 2.19. The van der Waals surface area contributed by atoms with Crippen LogP contribution in [-0.4, -0.2) is 34.0 Å². The number of carboxylic acids is 2. The fourth-order valence-electron chi connectivity index (χ4n) is 3.79. The van der Waals surface area contributed by atoms with Crippen molar-refractivity contribution in [3.8, 4) is 36.2 Å². The zero-order chi connectivity index (χ0) is 29.5. The first kappa shape index (κ1) is 27.7. The third-order valence-corrected chi connectivity index (χ3v) is 5.76. The Balaban J connectivity index is 1.46. The number of carboxylic acid groups (broad SMARTS) is 2. The number of carbonyl (C=O) groups is 4. The molecular weight excluding hydrogens is 524 g/mol. The average molecular weight is 545 g/mol. The molecule has 0 unspecified atom stereocenters. The van der Waals surface area contributed by atoms with E-state index in [0.29, 0.717) is 34.0 Å². The van der Waals surface area contributed by atoms with Gasteiger partial charge in [0.25, 0.3) is 11.8 Å². The minimum atomic E-state index is -1.26. The lowest BCUT2D eigenvalue weighted by molar-refractivity contribution is 0.0683. The van der Waals surface area contributed by atoms with E-state index >= 15 is 0 Å². The summed E-state index contributed by atoms with van der Waals surface area (Å²) in [4.78, 5) is 48.7. The van der Waals surface area contributed by atoms with Gasteiger partial charge in [-0.05, 0) is 72.8 Å². The molecule has 0 bridgehead atoms. The predicted molar refractivity (Wildman–Crippen MR) is 152 cm³/mol. The lowest BCUT2D eigenvalue weighted by Gasteiger charge is -2.12. The average Bonchev–Trinajstić information content (AvgIpc) is 2.97. The van der Waals surface area contributed by atoms with Crippen LogP contribution >= 0.6 is 0 Å². The number of terminal acetylenes is 2. The molecule has 0 spiro atoms. The normalized spacial score (nSPS) is 10.0. The second-order valence-electron chi connectivity index (χ2n) is 8.48. The van der Waals surface area contributed by atoms with Gasteiger partial charge in [0.2, 0.25) is 0 Å². The molecule has 9 nitrogen and oxygen atoms in total. The van der Waals surface area contributed by atoms with Crippen molar-refractivity contribution in [3.05, 3.63) is 118 Å². The molecule has 0 saturated heterocycles. The van der Waals surface area contributed by atoms with Crippen molar-refractivity contribution >= 4 is 35.1 Å². The Morgan fingerprint density at radius 3 is 1.59 bits per heavy atom. The molecule has 0 aliphatic heterocycles. The van der Waals surface area contributed by atoms with E-state index in [0.717, 1.165) is 0 Å². The molecular formula is C32H20N2O7. The van der Waals surface area contributed by atoms with E-state index < -0.39 is 23.8 Å². The number of hydrogen-bond acceptors (Lipinski definition) is 5. The fraction of sp³-hybridized carbons (Fsp3) is 0.